The molecule has 2 nitrogen and oxygen atoms in total. The van der Waals surface area contributed by atoms with E-state index < -0.39 is 0 Å². The summed E-state index contributed by atoms with van der Waals surface area (Å²) in [7, 11) is 0. The highest BCUT2D eigenvalue weighted by atomic mass is 14.7. The van der Waals surface area contributed by atoms with Gasteiger partial charge in [0.05, 0.1) is 0 Å². The van der Waals surface area contributed by atoms with E-state index in [9.17, 15) is 0 Å². The third-order valence-electron chi connectivity index (χ3n) is 2.68. The fourth-order valence-electron chi connectivity index (χ4n) is 2.00. The Bertz CT molecular complexity index is 258. The van der Waals surface area contributed by atoms with E-state index >= 15 is 0 Å². The maximum atomic E-state index is 6.10. The van der Waals surface area contributed by atoms with Gasteiger partial charge in [0.2, 0.25) is 0 Å². The minimum atomic E-state index is 0.251. The Labute approximate surface area is 92.9 Å². The highest BCUT2D eigenvalue weighted by Gasteiger charge is 2.09. The van der Waals surface area contributed by atoms with Crippen LogP contribution in [0.4, 0.5) is 0 Å². The molecule has 0 fully saturated rings. The van der Waals surface area contributed by atoms with Crippen molar-refractivity contribution < 1.29 is 0 Å². The molecule has 0 bridgehead atoms. The molecule has 84 valence electrons. The highest BCUT2D eigenvalue weighted by molar-refractivity contribution is 5.04. The van der Waals surface area contributed by atoms with Crippen molar-refractivity contribution in [1.29, 1.82) is 0 Å². The topological polar surface area (TPSA) is 38.9 Å². The SMILES string of the molecule is CCCC(C)CC(N)Cc1ccccn1. The third kappa shape index (κ3) is 4.93. The normalized spacial score (nSPS) is 14.9. The Morgan fingerprint density at radius 3 is 2.80 bits per heavy atom. The first-order chi connectivity index (χ1) is 7.22. The second kappa shape index (κ2) is 6.57. The van der Waals surface area contributed by atoms with Crippen molar-refractivity contribution in [3.63, 3.8) is 0 Å². The molecule has 0 spiro atoms. The third-order valence-corrected chi connectivity index (χ3v) is 2.68. The van der Waals surface area contributed by atoms with Gasteiger partial charge in [0.15, 0.2) is 0 Å². The van der Waals surface area contributed by atoms with Crippen molar-refractivity contribution in [3.05, 3.63) is 30.1 Å². The van der Waals surface area contributed by atoms with Crippen LogP contribution in [-0.4, -0.2) is 11.0 Å². The number of pyridine rings is 1. The van der Waals surface area contributed by atoms with Gasteiger partial charge in [0.1, 0.15) is 0 Å². The first-order valence-corrected chi connectivity index (χ1v) is 5.87. The van der Waals surface area contributed by atoms with Crippen LogP contribution in [0.3, 0.4) is 0 Å². The van der Waals surface area contributed by atoms with Crippen LogP contribution in [0.15, 0.2) is 24.4 Å². The molecule has 1 heterocycles. The minimum absolute atomic E-state index is 0.251. The Kier molecular flexibility index (Phi) is 5.33. The minimum Gasteiger partial charge on any atom is -0.327 e. The zero-order valence-corrected chi connectivity index (χ0v) is 9.82. The van der Waals surface area contributed by atoms with E-state index in [1.54, 1.807) is 0 Å². The fraction of sp³-hybridized carbons (Fsp3) is 0.615. The molecule has 2 N–H and O–H groups in total. The molecule has 0 aliphatic rings. The van der Waals surface area contributed by atoms with Crippen molar-refractivity contribution in [2.24, 2.45) is 11.7 Å². The molecule has 2 atom stereocenters. The van der Waals surface area contributed by atoms with E-state index in [1.165, 1.54) is 12.8 Å². The van der Waals surface area contributed by atoms with Crippen LogP contribution < -0.4 is 5.73 Å². The standard InChI is InChI=1S/C13H22N2/c1-3-6-11(2)9-12(14)10-13-7-4-5-8-15-13/h4-5,7-8,11-12H,3,6,9-10,14H2,1-2H3. The number of nitrogens with two attached hydrogens (primary N) is 1. The molecule has 0 aliphatic carbocycles. The molecule has 0 saturated heterocycles. The van der Waals surface area contributed by atoms with E-state index in [0.29, 0.717) is 0 Å². The Morgan fingerprint density at radius 1 is 1.40 bits per heavy atom. The van der Waals surface area contributed by atoms with Crippen molar-refractivity contribution >= 4 is 0 Å². The molecule has 0 amide bonds. The van der Waals surface area contributed by atoms with Crippen molar-refractivity contribution in [1.82, 2.24) is 4.98 Å². The summed E-state index contributed by atoms with van der Waals surface area (Å²) >= 11 is 0. The van der Waals surface area contributed by atoms with Crippen LogP contribution >= 0.6 is 0 Å². The van der Waals surface area contributed by atoms with Gasteiger partial charge in [-0.2, -0.15) is 0 Å². The van der Waals surface area contributed by atoms with Crippen LogP contribution in [0.25, 0.3) is 0 Å². The first kappa shape index (κ1) is 12.2. The quantitative estimate of drug-likeness (QED) is 0.777. The zero-order chi connectivity index (χ0) is 11.1. The Hall–Kier alpha value is -0.890. The van der Waals surface area contributed by atoms with Crippen molar-refractivity contribution in [3.8, 4) is 0 Å². The Balaban J connectivity index is 2.33. The number of rotatable bonds is 6. The van der Waals surface area contributed by atoms with Gasteiger partial charge in [-0.3, -0.25) is 4.98 Å². The van der Waals surface area contributed by atoms with Gasteiger partial charge in [-0.1, -0.05) is 32.8 Å². The van der Waals surface area contributed by atoms with Crippen LogP contribution in [0.2, 0.25) is 0 Å². The van der Waals surface area contributed by atoms with Gasteiger partial charge in [-0.15, -0.1) is 0 Å². The predicted octanol–water partition coefficient (Wildman–Crippen LogP) is 2.78. The van der Waals surface area contributed by atoms with Gasteiger partial charge >= 0.3 is 0 Å². The average molecular weight is 206 g/mol. The van der Waals surface area contributed by atoms with Crippen LogP contribution in [0.1, 0.15) is 38.8 Å². The lowest BCUT2D eigenvalue weighted by Crippen LogP contribution is -2.25. The van der Waals surface area contributed by atoms with E-state index in [-0.39, 0.29) is 6.04 Å². The molecule has 0 radical (unpaired) electrons. The Morgan fingerprint density at radius 2 is 2.20 bits per heavy atom. The summed E-state index contributed by atoms with van der Waals surface area (Å²) < 4.78 is 0. The lowest BCUT2D eigenvalue weighted by molar-refractivity contribution is 0.430. The van der Waals surface area contributed by atoms with Crippen molar-refractivity contribution in [2.75, 3.05) is 0 Å². The van der Waals surface area contributed by atoms with Gasteiger partial charge in [-0.25, -0.2) is 0 Å². The second-order valence-electron chi connectivity index (χ2n) is 4.41. The molecule has 1 aromatic heterocycles. The van der Waals surface area contributed by atoms with E-state index in [2.05, 4.69) is 18.8 Å². The summed E-state index contributed by atoms with van der Waals surface area (Å²) in [6.45, 7) is 4.50. The van der Waals surface area contributed by atoms with Crippen molar-refractivity contribution in [2.45, 2.75) is 45.6 Å². The molecule has 0 saturated carbocycles. The average Bonchev–Trinajstić information content (AvgIpc) is 2.19. The number of hydrogen-bond donors (Lipinski definition) is 1. The molecule has 2 heteroatoms. The lowest BCUT2D eigenvalue weighted by atomic mass is 9.95. The van der Waals surface area contributed by atoms with Crippen LogP contribution in [0, 0.1) is 5.92 Å². The summed E-state index contributed by atoms with van der Waals surface area (Å²) in [6.07, 6.45) is 6.35. The van der Waals surface area contributed by atoms with E-state index in [0.717, 1.165) is 24.5 Å². The summed E-state index contributed by atoms with van der Waals surface area (Å²) in [6, 6.07) is 6.25. The number of nitrogens with zero attached hydrogens (tertiary/aromatic N) is 1. The fourth-order valence-corrected chi connectivity index (χ4v) is 2.00. The number of aromatic nitrogens is 1. The molecule has 1 aromatic rings. The zero-order valence-electron chi connectivity index (χ0n) is 9.82. The molecule has 2 unspecified atom stereocenters. The van der Waals surface area contributed by atoms with Gasteiger partial charge < -0.3 is 5.73 Å². The van der Waals surface area contributed by atoms with Crippen LogP contribution in [-0.2, 0) is 6.42 Å². The largest absolute Gasteiger partial charge is 0.327 e. The van der Waals surface area contributed by atoms with Gasteiger partial charge in [0.25, 0.3) is 0 Å². The maximum Gasteiger partial charge on any atom is 0.0419 e. The monoisotopic (exact) mass is 206 g/mol. The van der Waals surface area contributed by atoms with Crippen LogP contribution in [0.5, 0.6) is 0 Å². The van der Waals surface area contributed by atoms with Gasteiger partial charge in [-0.05, 0) is 24.5 Å². The summed E-state index contributed by atoms with van der Waals surface area (Å²) in [5.74, 6) is 0.730. The lowest BCUT2D eigenvalue weighted by Gasteiger charge is -2.16. The molecular formula is C13H22N2. The molecule has 1 rings (SSSR count). The molecular weight excluding hydrogens is 184 g/mol. The molecule has 15 heavy (non-hydrogen) atoms. The highest BCUT2D eigenvalue weighted by Crippen LogP contribution is 2.13. The number of hydrogen-bond acceptors (Lipinski definition) is 2. The van der Waals surface area contributed by atoms with E-state index in [1.807, 2.05) is 24.4 Å². The van der Waals surface area contributed by atoms with Gasteiger partial charge in [0, 0.05) is 24.4 Å². The summed E-state index contributed by atoms with van der Waals surface area (Å²) in [4.78, 5) is 4.29. The smallest absolute Gasteiger partial charge is 0.0419 e. The summed E-state index contributed by atoms with van der Waals surface area (Å²) in [5.41, 5.74) is 7.20. The maximum absolute atomic E-state index is 6.10. The predicted molar refractivity (Wildman–Crippen MR) is 64.6 cm³/mol. The van der Waals surface area contributed by atoms with E-state index in [4.69, 9.17) is 5.73 Å². The summed E-state index contributed by atoms with van der Waals surface area (Å²) in [5, 5.41) is 0. The second-order valence-corrected chi connectivity index (χ2v) is 4.41. The first-order valence-electron chi connectivity index (χ1n) is 5.87. The molecule has 0 aromatic carbocycles. The molecule has 0 aliphatic heterocycles.